The number of carbonyl (C=O) groups excluding carboxylic acids is 2. The number of carbonyl (C=O) groups is 2. The minimum Gasteiger partial charge on any atom is -0.341 e. The molecule has 8 heteroatoms. The van der Waals surface area contributed by atoms with Crippen molar-refractivity contribution in [1.29, 1.82) is 0 Å². The molecule has 2 amide bonds. The molecule has 2 fully saturated rings. The number of nitrogens with zero attached hydrogens (tertiary/aromatic N) is 4. The van der Waals surface area contributed by atoms with E-state index in [0.29, 0.717) is 23.9 Å². The van der Waals surface area contributed by atoms with Gasteiger partial charge in [-0.15, -0.1) is 0 Å². The van der Waals surface area contributed by atoms with Gasteiger partial charge in [0.25, 0.3) is 5.91 Å². The maximum absolute atomic E-state index is 13.0. The average molecular weight is 503 g/mol. The molecule has 31 heavy (non-hydrogen) atoms. The van der Waals surface area contributed by atoms with Crippen molar-refractivity contribution in [2.45, 2.75) is 39.2 Å². The molecule has 0 unspecified atom stereocenters. The Kier molecular flexibility index (Phi) is 6.48. The zero-order valence-corrected chi connectivity index (χ0v) is 20.3. The average Bonchev–Trinajstić information content (AvgIpc) is 3.02. The summed E-state index contributed by atoms with van der Waals surface area (Å²) in [7, 11) is 1.82. The van der Waals surface area contributed by atoms with Crippen LogP contribution < -0.4 is 0 Å². The number of likely N-dealkylation sites (N-methyl/N-ethyl adjacent to an activating group) is 2. The fraction of sp³-hybridized carbons (Fsp3) is 0.435. The van der Waals surface area contributed by atoms with Crippen LogP contribution in [0.4, 0.5) is 0 Å². The molecule has 0 spiro atoms. The smallest absolute Gasteiger partial charge is 0.276 e. The molecule has 0 bridgehead atoms. The number of hydrogen-bond acceptors (Lipinski definition) is 3. The van der Waals surface area contributed by atoms with Crippen molar-refractivity contribution < 1.29 is 9.59 Å². The molecule has 3 heterocycles. The van der Waals surface area contributed by atoms with Crippen molar-refractivity contribution >= 4 is 62.1 Å². The van der Waals surface area contributed by atoms with Crippen LogP contribution >= 0.6 is 28.1 Å². The Morgan fingerprint density at radius 2 is 1.90 bits per heavy atom. The van der Waals surface area contributed by atoms with Crippen molar-refractivity contribution in [1.82, 2.24) is 19.3 Å². The van der Waals surface area contributed by atoms with Gasteiger partial charge in [0.2, 0.25) is 5.91 Å². The number of hydrogen-bond donors (Lipinski definition) is 0. The molecule has 2 aromatic rings. The maximum Gasteiger partial charge on any atom is 0.276 e. The molecule has 0 aliphatic carbocycles. The van der Waals surface area contributed by atoms with Crippen LogP contribution in [0.25, 0.3) is 17.0 Å². The van der Waals surface area contributed by atoms with Crippen LogP contribution in [-0.4, -0.2) is 62.9 Å². The fourth-order valence-corrected chi connectivity index (χ4v) is 5.02. The summed E-state index contributed by atoms with van der Waals surface area (Å²) in [5.41, 5.74) is 2.42. The van der Waals surface area contributed by atoms with E-state index >= 15 is 0 Å². The number of halogens is 1. The summed E-state index contributed by atoms with van der Waals surface area (Å²) in [5, 5.41) is 1.51. The van der Waals surface area contributed by atoms with Gasteiger partial charge in [0, 0.05) is 53.8 Å². The molecule has 0 radical (unpaired) electrons. The van der Waals surface area contributed by atoms with Crippen LogP contribution in [0.3, 0.4) is 0 Å². The lowest BCUT2D eigenvalue weighted by molar-refractivity contribution is -0.131. The molecule has 164 valence electrons. The Morgan fingerprint density at radius 3 is 2.55 bits per heavy atom. The molecule has 1 aromatic carbocycles. The Bertz CT molecular complexity index is 1070. The zero-order chi connectivity index (χ0) is 22.1. The topological polar surface area (TPSA) is 48.8 Å². The first kappa shape index (κ1) is 22.0. The molecular formula is C23H27BrN4O2S. The molecule has 6 nitrogen and oxygen atoms in total. The van der Waals surface area contributed by atoms with Gasteiger partial charge in [-0.2, -0.15) is 0 Å². The standard InChI is InChI=1S/C23H27BrN4O2S/c1-3-28-22(30)20(25(2)23(28)31)12-16-14-27(19-9-8-17(24)13-18(16)19)15-21(29)26-10-6-4-5-7-11-26/h8-9,12-14H,3-7,10-11,15H2,1-2H3/b20-12-. The lowest BCUT2D eigenvalue weighted by Crippen LogP contribution is -2.34. The summed E-state index contributed by atoms with van der Waals surface area (Å²) >= 11 is 8.98. The molecular weight excluding hydrogens is 476 g/mol. The van der Waals surface area contributed by atoms with Crippen LogP contribution in [0, 0.1) is 0 Å². The summed E-state index contributed by atoms with van der Waals surface area (Å²) in [5.74, 6) is 0.0554. The highest BCUT2D eigenvalue weighted by molar-refractivity contribution is 9.10. The van der Waals surface area contributed by atoms with Crippen molar-refractivity contribution in [3.05, 3.63) is 40.1 Å². The van der Waals surface area contributed by atoms with Crippen molar-refractivity contribution in [2.75, 3.05) is 26.7 Å². The second-order valence-electron chi connectivity index (χ2n) is 8.09. The second-order valence-corrected chi connectivity index (χ2v) is 9.37. The third-order valence-corrected chi connectivity index (χ3v) is 7.08. The van der Waals surface area contributed by atoms with E-state index < -0.39 is 0 Å². The molecule has 2 aliphatic heterocycles. The van der Waals surface area contributed by atoms with Crippen molar-refractivity contribution in [2.24, 2.45) is 0 Å². The van der Waals surface area contributed by atoms with Crippen LogP contribution in [0.5, 0.6) is 0 Å². The maximum atomic E-state index is 13.0. The Hall–Kier alpha value is -2.19. The van der Waals surface area contributed by atoms with Gasteiger partial charge >= 0.3 is 0 Å². The second kappa shape index (κ2) is 9.12. The number of fused-ring (bicyclic) bond motifs is 1. The van der Waals surface area contributed by atoms with Gasteiger partial charge < -0.3 is 14.4 Å². The van der Waals surface area contributed by atoms with Gasteiger partial charge in [-0.05, 0) is 56.3 Å². The lowest BCUT2D eigenvalue weighted by Gasteiger charge is -2.20. The van der Waals surface area contributed by atoms with Gasteiger partial charge in [-0.1, -0.05) is 28.8 Å². The minimum atomic E-state index is -0.0912. The van der Waals surface area contributed by atoms with E-state index in [4.69, 9.17) is 12.2 Å². The molecule has 2 saturated heterocycles. The number of aromatic nitrogens is 1. The van der Waals surface area contributed by atoms with E-state index in [1.807, 2.05) is 53.9 Å². The zero-order valence-electron chi connectivity index (χ0n) is 17.9. The Balaban J connectivity index is 1.70. The van der Waals surface area contributed by atoms with Gasteiger partial charge in [0.05, 0.1) is 0 Å². The van der Waals surface area contributed by atoms with Crippen LogP contribution in [0.2, 0.25) is 0 Å². The molecule has 0 N–H and O–H groups in total. The van der Waals surface area contributed by atoms with E-state index in [-0.39, 0.29) is 11.8 Å². The summed E-state index contributed by atoms with van der Waals surface area (Å²) in [6, 6.07) is 6.03. The van der Waals surface area contributed by atoms with E-state index in [2.05, 4.69) is 15.9 Å². The number of benzene rings is 1. The molecule has 0 atom stereocenters. The minimum absolute atomic E-state index is 0.0912. The van der Waals surface area contributed by atoms with Gasteiger partial charge in [0.15, 0.2) is 5.11 Å². The predicted molar refractivity (Wildman–Crippen MR) is 130 cm³/mol. The Labute approximate surface area is 196 Å². The summed E-state index contributed by atoms with van der Waals surface area (Å²) in [4.78, 5) is 31.2. The molecule has 1 aromatic heterocycles. The van der Waals surface area contributed by atoms with Crippen LogP contribution in [-0.2, 0) is 16.1 Å². The molecule has 2 aliphatic rings. The largest absolute Gasteiger partial charge is 0.341 e. The van der Waals surface area contributed by atoms with Crippen molar-refractivity contribution in [3.63, 3.8) is 0 Å². The molecule has 0 saturated carbocycles. The number of amides is 2. The van der Waals surface area contributed by atoms with Gasteiger partial charge in [-0.25, -0.2) is 0 Å². The highest BCUT2D eigenvalue weighted by atomic mass is 79.9. The van der Waals surface area contributed by atoms with Crippen LogP contribution in [0.1, 0.15) is 38.2 Å². The normalized spacial score (nSPS) is 19.1. The first-order valence-corrected chi connectivity index (χ1v) is 12.0. The SMILES string of the molecule is CCN1C(=O)/C(=C/c2cn(CC(=O)N3CCCCCC3)c3ccc(Br)cc23)N(C)C1=S. The highest BCUT2D eigenvalue weighted by Crippen LogP contribution is 2.29. The predicted octanol–water partition coefficient (Wildman–Crippen LogP) is 4.23. The quantitative estimate of drug-likeness (QED) is 0.463. The monoisotopic (exact) mass is 502 g/mol. The third-order valence-electron chi connectivity index (χ3n) is 6.09. The van der Waals surface area contributed by atoms with Gasteiger partial charge in [-0.3, -0.25) is 14.5 Å². The van der Waals surface area contributed by atoms with Gasteiger partial charge in [0.1, 0.15) is 12.2 Å². The molecule has 4 rings (SSSR count). The van der Waals surface area contributed by atoms with E-state index in [9.17, 15) is 9.59 Å². The Morgan fingerprint density at radius 1 is 1.19 bits per heavy atom. The summed E-state index contributed by atoms with van der Waals surface area (Å²) in [6.45, 7) is 4.42. The number of thiocarbonyl (C=S) groups is 1. The first-order chi connectivity index (χ1) is 14.9. The van der Waals surface area contributed by atoms with Crippen molar-refractivity contribution in [3.8, 4) is 0 Å². The highest BCUT2D eigenvalue weighted by Gasteiger charge is 2.34. The van der Waals surface area contributed by atoms with E-state index in [1.165, 1.54) is 12.8 Å². The van der Waals surface area contributed by atoms with Crippen LogP contribution in [0.15, 0.2) is 34.6 Å². The van der Waals surface area contributed by atoms with E-state index in [1.54, 1.807) is 9.80 Å². The number of likely N-dealkylation sites (tertiary alicyclic amines) is 1. The fourth-order valence-electron chi connectivity index (χ4n) is 4.35. The summed E-state index contributed by atoms with van der Waals surface area (Å²) < 4.78 is 2.95. The first-order valence-electron chi connectivity index (χ1n) is 10.8. The third kappa shape index (κ3) is 4.28. The number of rotatable bonds is 4. The van der Waals surface area contributed by atoms with E-state index in [0.717, 1.165) is 46.9 Å². The lowest BCUT2D eigenvalue weighted by atomic mass is 10.1. The summed E-state index contributed by atoms with van der Waals surface area (Å²) in [6.07, 6.45) is 8.39.